The Bertz CT molecular complexity index is 780. The Morgan fingerprint density at radius 1 is 1.32 bits per heavy atom. The number of nitrogens with one attached hydrogen (secondary N) is 1. The smallest absolute Gasteiger partial charge is 0.407 e. The van der Waals surface area contributed by atoms with Gasteiger partial charge in [-0.1, -0.05) is 17.3 Å². The van der Waals surface area contributed by atoms with E-state index in [1.54, 1.807) is 26.8 Å². The quantitative estimate of drug-likeness (QED) is 0.858. The van der Waals surface area contributed by atoms with Gasteiger partial charge in [0.1, 0.15) is 22.7 Å². The SMILES string of the molecule is CC(C)(C)OC(=O)NCCc1onc(-c2ccccc2F)c1C(=O)O. The molecule has 0 unspecified atom stereocenters. The molecule has 0 radical (unpaired) electrons. The van der Waals surface area contributed by atoms with Gasteiger partial charge >= 0.3 is 12.1 Å². The maximum Gasteiger partial charge on any atom is 0.407 e. The van der Waals surface area contributed by atoms with Crippen molar-refractivity contribution in [3.8, 4) is 11.3 Å². The fourth-order valence-corrected chi connectivity index (χ4v) is 2.14. The van der Waals surface area contributed by atoms with Crippen LogP contribution in [0.25, 0.3) is 11.3 Å². The maximum atomic E-state index is 13.9. The summed E-state index contributed by atoms with van der Waals surface area (Å²) in [6.45, 7) is 5.27. The van der Waals surface area contributed by atoms with Crippen LogP contribution in [0.3, 0.4) is 0 Å². The van der Waals surface area contributed by atoms with Gasteiger partial charge in [-0.15, -0.1) is 0 Å². The predicted molar refractivity (Wildman–Crippen MR) is 86.8 cm³/mol. The maximum absolute atomic E-state index is 13.9. The highest BCUT2D eigenvalue weighted by molar-refractivity contribution is 5.95. The lowest BCUT2D eigenvalue weighted by Gasteiger charge is -2.19. The second kappa shape index (κ2) is 7.33. The number of carboxylic acids is 1. The molecule has 0 saturated carbocycles. The van der Waals surface area contributed by atoms with Crippen LogP contribution in [0.5, 0.6) is 0 Å². The van der Waals surface area contributed by atoms with Crippen LogP contribution in [0.2, 0.25) is 0 Å². The van der Waals surface area contributed by atoms with Crippen molar-refractivity contribution in [3.05, 3.63) is 41.4 Å². The predicted octanol–water partition coefficient (Wildman–Crippen LogP) is 3.25. The molecule has 0 atom stereocenters. The number of alkyl carbamates (subject to hydrolysis) is 1. The fraction of sp³-hybridized carbons (Fsp3) is 0.353. The molecule has 25 heavy (non-hydrogen) atoms. The lowest BCUT2D eigenvalue weighted by Crippen LogP contribution is -2.33. The first-order valence-electron chi connectivity index (χ1n) is 7.62. The minimum Gasteiger partial charge on any atom is -0.477 e. The second-order valence-electron chi connectivity index (χ2n) is 6.29. The molecule has 0 aliphatic heterocycles. The average molecular weight is 350 g/mol. The van der Waals surface area contributed by atoms with Crippen LogP contribution in [-0.2, 0) is 11.2 Å². The Balaban J connectivity index is 2.14. The summed E-state index contributed by atoms with van der Waals surface area (Å²) in [4.78, 5) is 23.1. The summed E-state index contributed by atoms with van der Waals surface area (Å²) in [5, 5.41) is 15.6. The Morgan fingerprint density at radius 2 is 2.00 bits per heavy atom. The average Bonchev–Trinajstić information content (AvgIpc) is 2.89. The lowest BCUT2D eigenvalue weighted by atomic mass is 10.0. The number of hydrogen-bond donors (Lipinski definition) is 2. The van der Waals surface area contributed by atoms with Gasteiger partial charge in [-0.3, -0.25) is 0 Å². The highest BCUT2D eigenvalue weighted by atomic mass is 19.1. The molecule has 2 rings (SSSR count). The Kier molecular flexibility index (Phi) is 5.41. The number of carbonyl (C=O) groups is 2. The number of ether oxygens (including phenoxy) is 1. The van der Waals surface area contributed by atoms with Crippen molar-refractivity contribution in [1.82, 2.24) is 10.5 Å². The van der Waals surface area contributed by atoms with Crippen molar-refractivity contribution in [1.29, 1.82) is 0 Å². The first-order chi connectivity index (χ1) is 11.7. The van der Waals surface area contributed by atoms with Crippen molar-refractivity contribution in [3.63, 3.8) is 0 Å². The molecule has 0 saturated heterocycles. The zero-order valence-electron chi connectivity index (χ0n) is 14.1. The molecule has 2 N–H and O–H groups in total. The van der Waals surface area contributed by atoms with Gasteiger partial charge < -0.3 is 19.7 Å². The number of carbonyl (C=O) groups excluding carboxylic acids is 1. The minimum atomic E-state index is -1.29. The molecule has 0 aliphatic carbocycles. The van der Waals surface area contributed by atoms with Gasteiger partial charge in [0.25, 0.3) is 0 Å². The first kappa shape index (κ1) is 18.4. The topological polar surface area (TPSA) is 102 Å². The van der Waals surface area contributed by atoms with Crippen molar-refractivity contribution in [2.75, 3.05) is 6.54 Å². The molecular weight excluding hydrogens is 331 g/mol. The number of aromatic nitrogens is 1. The van der Waals surface area contributed by atoms with E-state index in [2.05, 4.69) is 10.5 Å². The highest BCUT2D eigenvalue weighted by Gasteiger charge is 2.25. The summed E-state index contributed by atoms with van der Waals surface area (Å²) in [6, 6.07) is 5.69. The van der Waals surface area contributed by atoms with Gasteiger partial charge in [-0.2, -0.15) is 0 Å². The van der Waals surface area contributed by atoms with Gasteiger partial charge in [0.15, 0.2) is 5.76 Å². The molecule has 0 bridgehead atoms. The molecule has 1 amide bonds. The van der Waals surface area contributed by atoms with Gasteiger partial charge in [0.05, 0.1) is 0 Å². The van der Waals surface area contributed by atoms with Crippen LogP contribution in [0.4, 0.5) is 9.18 Å². The van der Waals surface area contributed by atoms with E-state index in [1.165, 1.54) is 18.2 Å². The molecule has 134 valence electrons. The molecule has 0 spiro atoms. The van der Waals surface area contributed by atoms with Crippen molar-refractivity contribution >= 4 is 12.1 Å². The van der Waals surface area contributed by atoms with Crippen molar-refractivity contribution in [2.24, 2.45) is 0 Å². The number of benzene rings is 1. The highest BCUT2D eigenvalue weighted by Crippen LogP contribution is 2.28. The number of amides is 1. The minimum absolute atomic E-state index is 0.0370. The van der Waals surface area contributed by atoms with E-state index < -0.39 is 23.5 Å². The van der Waals surface area contributed by atoms with Crippen LogP contribution in [0, 0.1) is 5.82 Å². The summed E-state index contributed by atoms with van der Waals surface area (Å²) in [5.74, 6) is -1.84. The number of hydrogen-bond acceptors (Lipinski definition) is 5. The van der Waals surface area contributed by atoms with E-state index in [0.717, 1.165) is 0 Å². The van der Waals surface area contributed by atoms with E-state index in [4.69, 9.17) is 9.26 Å². The molecule has 8 heteroatoms. The monoisotopic (exact) mass is 350 g/mol. The lowest BCUT2D eigenvalue weighted by molar-refractivity contribution is 0.0527. The van der Waals surface area contributed by atoms with Crippen LogP contribution in [0.1, 0.15) is 36.9 Å². The van der Waals surface area contributed by atoms with Gasteiger partial charge in [-0.05, 0) is 32.9 Å². The number of halogens is 1. The number of carboxylic acid groups (broad SMARTS) is 1. The van der Waals surface area contributed by atoms with Gasteiger partial charge in [-0.25, -0.2) is 14.0 Å². The molecule has 0 fully saturated rings. The van der Waals surface area contributed by atoms with E-state index >= 15 is 0 Å². The summed E-state index contributed by atoms with van der Waals surface area (Å²) >= 11 is 0. The standard InChI is InChI=1S/C17H19FN2O5/c1-17(2,3)24-16(23)19-9-8-12-13(15(21)22)14(20-25-12)10-6-4-5-7-11(10)18/h4-7H,8-9H2,1-3H3,(H,19,23)(H,21,22). The van der Waals surface area contributed by atoms with E-state index in [9.17, 15) is 19.1 Å². The second-order valence-corrected chi connectivity index (χ2v) is 6.29. The Labute approximate surface area is 143 Å². The van der Waals surface area contributed by atoms with Crippen molar-refractivity contribution < 1.29 is 28.3 Å². The van der Waals surface area contributed by atoms with Gasteiger partial charge in [0.2, 0.25) is 0 Å². The summed E-state index contributed by atoms with van der Waals surface area (Å²) in [5.41, 5.74) is -0.912. The summed E-state index contributed by atoms with van der Waals surface area (Å²) < 4.78 is 24.0. The normalized spacial score (nSPS) is 11.2. The zero-order chi connectivity index (χ0) is 18.6. The molecule has 1 aromatic heterocycles. The van der Waals surface area contributed by atoms with E-state index in [-0.39, 0.29) is 35.5 Å². The number of nitrogens with zero attached hydrogens (tertiary/aromatic N) is 1. The van der Waals surface area contributed by atoms with Crippen LogP contribution in [-0.4, -0.2) is 34.5 Å². The third-order valence-corrected chi connectivity index (χ3v) is 3.13. The third kappa shape index (κ3) is 4.79. The van der Waals surface area contributed by atoms with E-state index in [0.29, 0.717) is 0 Å². The number of aromatic carboxylic acids is 1. The Hall–Kier alpha value is -2.90. The fourth-order valence-electron chi connectivity index (χ4n) is 2.14. The van der Waals surface area contributed by atoms with Crippen molar-refractivity contribution in [2.45, 2.75) is 32.8 Å². The molecule has 1 aromatic carbocycles. The molecule has 1 heterocycles. The molecular formula is C17H19FN2O5. The van der Waals surface area contributed by atoms with Gasteiger partial charge in [0, 0.05) is 18.5 Å². The molecule has 7 nitrogen and oxygen atoms in total. The first-order valence-corrected chi connectivity index (χ1v) is 7.62. The zero-order valence-corrected chi connectivity index (χ0v) is 14.1. The molecule has 2 aromatic rings. The number of rotatable bonds is 5. The van der Waals surface area contributed by atoms with E-state index in [1.807, 2.05) is 0 Å². The van der Waals surface area contributed by atoms with Crippen LogP contribution in [0.15, 0.2) is 28.8 Å². The summed E-state index contributed by atoms with van der Waals surface area (Å²) in [7, 11) is 0. The Morgan fingerprint density at radius 3 is 2.60 bits per heavy atom. The summed E-state index contributed by atoms with van der Waals surface area (Å²) in [6.07, 6.45) is -0.555. The van der Waals surface area contributed by atoms with Crippen LogP contribution >= 0.6 is 0 Å². The largest absolute Gasteiger partial charge is 0.477 e. The molecule has 0 aliphatic rings. The van der Waals surface area contributed by atoms with Crippen LogP contribution < -0.4 is 5.32 Å². The third-order valence-electron chi connectivity index (χ3n) is 3.13.